The number of aldehydes is 1. The molecule has 1 aliphatic heterocycles. The summed E-state index contributed by atoms with van der Waals surface area (Å²) >= 11 is 0. The van der Waals surface area contributed by atoms with Crippen LogP contribution in [-0.2, 0) is 4.74 Å². The summed E-state index contributed by atoms with van der Waals surface area (Å²) in [6.45, 7) is 0.332. The van der Waals surface area contributed by atoms with E-state index in [-0.39, 0.29) is 20.0 Å². The Hall–Kier alpha value is -1.79. The van der Waals surface area contributed by atoms with Crippen molar-refractivity contribution >= 4 is 6.29 Å². The molecule has 0 spiro atoms. The molecule has 0 fully saturated rings. The predicted molar refractivity (Wildman–Crippen MR) is 61.3 cm³/mol. The van der Waals surface area contributed by atoms with Crippen LogP contribution in [0.1, 0.15) is 10.4 Å². The minimum absolute atomic E-state index is 0.0360. The van der Waals surface area contributed by atoms with Crippen molar-refractivity contribution in [2.24, 2.45) is 0 Å². The molecule has 0 bridgehead atoms. The molecule has 2 rings (SSSR count). The van der Waals surface area contributed by atoms with Gasteiger partial charge in [-0.15, -0.1) is 0 Å². The number of carbonyl (C=O) groups is 1. The summed E-state index contributed by atoms with van der Waals surface area (Å²) in [6, 6.07) is 3.12. The van der Waals surface area contributed by atoms with Gasteiger partial charge in [0.15, 0.2) is 17.8 Å². The average molecular weight is 254 g/mol. The molecule has 1 heterocycles. The Bertz CT molecular complexity index is 431. The number of methoxy groups -OCH3 is 1. The number of rotatable bonds is 6. The minimum atomic E-state index is -0.750. The van der Waals surface area contributed by atoms with E-state index in [0.29, 0.717) is 29.1 Å². The molecule has 0 aliphatic carbocycles. The Morgan fingerprint density at radius 2 is 2.11 bits per heavy atom. The third-order valence-electron chi connectivity index (χ3n) is 2.42. The van der Waals surface area contributed by atoms with Crippen molar-refractivity contribution in [2.75, 3.05) is 27.1 Å². The lowest BCUT2D eigenvalue weighted by Gasteiger charge is -2.13. The van der Waals surface area contributed by atoms with Crippen molar-refractivity contribution in [2.45, 2.75) is 6.10 Å². The molecule has 1 atom stereocenters. The Morgan fingerprint density at radius 1 is 1.39 bits per heavy atom. The highest BCUT2D eigenvalue weighted by molar-refractivity contribution is 5.81. The van der Waals surface area contributed by atoms with Crippen LogP contribution in [0.3, 0.4) is 0 Å². The van der Waals surface area contributed by atoms with Gasteiger partial charge >= 0.3 is 0 Å². The van der Waals surface area contributed by atoms with Crippen LogP contribution in [0.15, 0.2) is 12.1 Å². The first-order chi connectivity index (χ1) is 8.74. The second-order valence-corrected chi connectivity index (χ2v) is 3.78. The number of hydrogen-bond acceptors (Lipinski definition) is 6. The van der Waals surface area contributed by atoms with Gasteiger partial charge in [0, 0.05) is 13.2 Å². The summed E-state index contributed by atoms with van der Waals surface area (Å²) in [5.74, 6) is 1.39. The number of ether oxygens (including phenoxy) is 4. The summed E-state index contributed by atoms with van der Waals surface area (Å²) in [5.41, 5.74) is 0.351. The van der Waals surface area contributed by atoms with Crippen LogP contribution in [0.5, 0.6) is 17.2 Å². The van der Waals surface area contributed by atoms with Crippen molar-refractivity contribution in [3.8, 4) is 17.2 Å². The summed E-state index contributed by atoms with van der Waals surface area (Å²) in [5, 5.41) is 9.47. The van der Waals surface area contributed by atoms with Gasteiger partial charge in [-0.25, -0.2) is 0 Å². The molecule has 0 amide bonds. The van der Waals surface area contributed by atoms with Gasteiger partial charge in [0.05, 0.1) is 12.2 Å². The van der Waals surface area contributed by atoms with Gasteiger partial charge < -0.3 is 24.1 Å². The van der Waals surface area contributed by atoms with Gasteiger partial charge in [-0.1, -0.05) is 0 Å². The maximum Gasteiger partial charge on any atom is 0.231 e. The zero-order valence-corrected chi connectivity index (χ0v) is 9.92. The topological polar surface area (TPSA) is 74.2 Å². The highest BCUT2D eigenvalue weighted by Gasteiger charge is 2.18. The van der Waals surface area contributed by atoms with Gasteiger partial charge in [0.1, 0.15) is 18.5 Å². The number of aliphatic hydroxyl groups is 1. The molecule has 1 unspecified atom stereocenters. The monoisotopic (exact) mass is 254 g/mol. The smallest absolute Gasteiger partial charge is 0.231 e. The van der Waals surface area contributed by atoms with Gasteiger partial charge in [0.2, 0.25) is 6.79 Å². The van der Waals surface area contributed by atoms with Gasteiger partial charge in [-0.2, -0.15) is 0 Å². The molecule has 0 saturated carbocycles. The van der Waals surface area contributed by atoms with Crippen molar-refractivity contribution < 1.29 is 28.8 Å². The molecule has 1 aromatic rings. The lowest BCUT2D eigenvalue weighted by molar-refractivity contribution is 0.0323. The molecule has 1 N–H and O–H groups in total. The number of carbonyl (C=O) groups excluding carboxylic acids is 1. The first kappa shape index (κ1) is 12.7. The Balaban J connectivity index is 2.09. The van der Waals surface area contributed by atoms with E-state index in [0.717, 1.165) is 0 Å². The lowest BCUT2D eigenvalue weighted by atomic mass is 10.2. The predicted octanol–water partition coefficient (Wildman–Crippen LogP) is 0.614. The summed E-state index contributed by atoms with van der Waals surface area (Å²) in [6.07, 6.45) is -0.0834. The van der Waals surface area contributed by atoms with E-state index in [9.17, 15) is 9.90 Å². The average Bonchev–Trinajstić information content (AvgIpc) is 2.82. The first-order valence-electron chi connectivity index (χ1n) is 5.43. The van der Waals surface area contributed by atoms with E-state index in [1.807, 2.05) is 0 Å². The van der Waals surface area contributed by atoms with Crippen LogP contribution in [0, 0.1) is 0 Å². The Morgan fingerprint density at radius 3 is 2.78 bits per heavy atom. The van der Waals surface area contributed by atoms with E-state index in [4.69, 9.17) is 18.9 Å². The third-order valence-corrected chi connectivity index (χ3v) is 2.42. The lowest BCUT2D eigenvalue weighted by Crippen LogP contribution is -2.22. The van der Waals surface area contributed by atoms with Gasteiger partial charge in [-0.3, -0.25) is 4.79 Å². The fraction of sp³-hybridized carbons (Fsp3) is 0.417. The zero-order chi connectivity index (χ0) is 13.0. The maximum absolute atomic E-state index is 10.9. The van der Waals surface area contributed by atoms with Crippen LogP contribution in [0.25, 0.3) is 0 Å². The quantitative estimate of drug-likeness (QED) is 0.750. The highest BCUT2D eigenvalue weighted by Crippen LogP contribution is 2.37. The zero-order valence-electron chi connectivity index (χ0n) is 9.92. The summed E-state index contributed by atoms with van der Waals surface area (Å²) in [4.78, 5) is 10.9. The second-order valence-electron chi connectivity index (χ2n) is 3.78. The van der Waals surface area contributed by atoms with E-state index >= 15 is 0 Å². The summed E-state index contributed by atoms with van der Waals surface area (Å²) < 4.78 is 20.5. The number of aliphatic hydroxyl groups excluding tert-OH is 1. The van der Waals surface area contributed by atoms with E-state index in [2.05, 4.69) is 0 Å². The van der Waals surface area contributed by atoms with Crippen LogP contribution in [0.4, 0.5) is 0 Å². The molecule has 18 heavy (non-hydrogen) atoms. The van der Waals surface area contributed by atoms with Gasteiger partial charge in [0.25, 0.3) is 0 Å². The molecule has 0 saturated heterocycles. The highest BCUT2D eigenvalue weighted by atomic mass is 16.7. The summed E-state index contributed by atoms with van der Waals surface area (Å²) in [7, 11) is 1.49. The molecule has 0 aromatic heterocycles. The van der Waals surface area contributed by atoms with Crippen LogP contribution < -0.4 is 14.2 Å². The van der Waals surface area contributed by atoms with Crippen LogP contribution in [-0.4, -0.2) is 44.6 Å². The molecule has 1 aliphatic rings. The maximum atomic E-state index is 10.9. The third kappa shape index (κ3) is 2.72. The van der Waals surface area contributed by atoms with E-state index < -0.39 is 6.10 Å². The SMILES string of the molecule is COCC(O)COc1cc2c(cc1C=O)OCO2. The molecule has 6 heteroatoms. The van der Waals surface area contributed by atoms with Crippen LogP contribution in [0.2, 0.25) is 0 Å². The molecule has 0 radical (unpaired) electrons. The van der Waals surface area contributed by atoms with Crippen molar-refractivity contribution in [3.05, 3.63) is 17.7 Å². The van der Waals surface area contributed by atoms with Crippen molar-refractivity contribution in [1.29, 1.82) is 0 Å². The number of fused-ring (bicyclic) bond motifs is 1. The Labute approximate surface area is 104 Å². The number of benzene rings is 1. The van der Waals surface area contributed by atoms with Crippen molar-refractivity contribution in [1.82, 2.24) is 0 Å². The van der Waals surface area contributed by atoms with E-state index in [1.54, 1.807) is 12.1 Å². The molecular formula is C12H14O6. The minimum Gasteiger partial charge on any atom is -0.490 e. The van der Waals surface area contributed by atoms with Gasteiger partial charge in [-0.05, 0) is 6.07 Å². The van der Waals surface area contributed by atoms with Crippen LogP contribution >= 0.6 is 0 Å². The molecular weight excluding hydrogens is 240 g/mol. The van der Waals surface area contributed by atoms with Crippen molar-refractivity contribution in [3.63, 3.8) is 0 Å². The molecule has 6 nitrogen and oxygen atoms in total. The second kappa shape index (κ2) is 5.70. The fourth-order valence-electron chi connectivity index (χ4n) is 1.58. The van der Waals surface area contributed by atoms with E-state index in [1.165, 1.54) is 7.11 Å². The normalized spacial score (nSPS) is 14.3. The molecule has 98 valence electrons. The fourth-order valence-corrected chi connectivity index (χ4v) is 1.58. The Kier molecular flexibility index (Phi) is 4.01. The largest absolute Gasteiger partial charge is 0.490 e. The molecule has 1 aromatic carbocycles. The number of hydrogen-bond donors (Lipinski definition) is 1. The standard InChI is InChI=1S/C12H14O6/c1-15-5-9(14)6-16-10-3-12-11(17-7-18-12)2-8(10)4-13/h2-4,9,14H,5-7H2,1H3. The first-order valence-corrected chi connectivity index (χ1v) is 5.43.